The van der Waals surface area contributed by atoms with Crippen molar-refractivity contribution in [2.45, 2.75) is 32.6 Å². The molecule has 7 nitrogen and oxygen atoms in total. The van der Waals surface area contributed by atoms with Crippen LogP contribution in [0.15, 0.2) is 21.6 Å². The number of nitrogens with two attached hydrogens (primary N) is 1. The molecule has 0 radical (unpaired) electrons. The quantitative estimate of drug-likeness (QED) is 0.588. The van der Waals surface area contributed by atoms with Crippen LogP contribution in [-0.2, 0) is 10.0 Å². The first-order valence-electron chi connectivity index (χ1n) is 6.30. The molecule has 0 amide bonds. The molecule has 2 aromatic rings. The molecule has 0 saturated heterocycles. The van der Waals surface area contributed by atoms with Gasteiger partial charge < -0.3 is 9.95 Å². The fraction of sp³-hybridized carbons (Fsp3) is 0.308. The highest BCUT2D eigenvalue weighted by atomic mass is 32.2. The van der Waals surface area contributed by atoms with Crippen LogP contribution in [0, 0.1) is 27.7 Å². The maximum atomic E-state index is 12.6. The van der Waals surface area contributed by atoms with Gasteiger partial charge in [0.15, 0.2) is 0 Å². The van der Waals surface area contributed by atoms with Gasteiger partial charge in [0.25, 0.3) is 10.0 Å². The Bertz CT molecular complexity index is 758. The van der Waals surface area contributed by atoms with Gasteiger partial charge in [-0.1, -0.05) is 5.16 Å². The normalized spacial score (nSPS) is 11.5. The number of anilines is 2. The molecular formula is C13H18N4O3S. The molecule has 0 spiro atoms. The summed E-state index contributed by atoms with van der Waals surface area (Å²) in [6, 6.07) is 3.33. The summed E-state index contributed by atoms with van der Waals surface area (Å²) in [6.07, 6.45) is 0. The van der Waals surface area contributed by atoms with E-state index in [1.165, 1.54) is 0 Å². The smallest absolute Gasteiger partial charge is 0.264 e. The van der Waals surface area contributed by atoms with Crippen LogP contribution in [0.4, 0.5) is 11.6 Å². The monoisotopic (exact) mass is 310 g/mol. The van der Waals surface area contributed by atoms with Gasteiger partial charge >= 0.3 is 0 Å². The minimum Gasteiger partial charge on any atom is -0.337 e. The molecule has 0 aliphatic carbocycles. The fourth-order valence-electron chi connectivity index (χ4n) is 2.14. The van der Waals surface area contributed by atoms with E-state index < -0.39 is 10.0 Å². The molecule has 1 heterocycles. The number of aromatic nitrogens is 1. The van der Waals surface area contributed by atoms with Crippen LogP contribution in [0.25, 0.3) is 0 Å². The Morgan fingerprint density at radius 1 is 1.14 bits per heavy atom. The number of hydrazine groups is 1. The zero-order valence-corrected chi connectivity index (χ0v) is 13.1. The van der Waals surface area contributed by atoms with Crippen LogP contribution in [-0.4, -0.2) is 13.6 Å². The van der Waals surface area contributed by atoms with Gasteiger partial charge in [-0.25, -0.2) is 13.1 Å². The molecule has 0 unspecified atom stereocenters. The second kappa shape index (κ2) is 5.38. The minimum atomic E-state index is -3.76. The number of nitrogen functional groups attached to an aromatic ring is 1. The van der Waals surface area contributed by atoms with E-state index in [4.69, 9.17) is 10.4 Å². The molecule has 21 heavy (non-hydrogen) atoms. The molecule has 0 aliphatic heterocycles. The average molecular weight is 310 g/mol. The van der Waals surface area contributed by atoms with Crippen molar-refractivity contribution in [3.8, 4) is 0 Å². The zero-order chi connectivity index (χ0) is 15.8. The summed E-state index contributed by atoms with van der Waals surface area (Å²) in [5.41, 5.74) is 5.63. The highest BCUT2D eigenvalue weighted by Crippen LogP contribution is 2.27. The van der Waals surface area contributed by atoms with Gasteiger partial charge in [-0.15, -0.1) is 0 Å². The van der Waals surface area contributed by atoms with E-state index in [2.05, 4.69) is 15.3 Å². The van der Waals surface area contributed by atoms with Crippen molar-refractivity contribution in [2.75, 3.05) is 10.1 Å². The van der Waals surface area contributed by atoms with Crippen molar-refractivity contribution in [3.63, 3.8) is 0 Å². The van der Waals surface area contributed by atoms with E-state index in [0.717, 1.165) is 0 Å². The Kier molecular flexibility index (Phi) is 3.93. The SMILES string of the molecule is Cc1cc(NN)cc(C)c1S(=O)(=O)Nc1onc(C)c1C. The number of aryl methyl sites for hydroxylation is 3. The number of hydrogen-bond acceptors (Lipinski definition) is 6. The van der Waals surface area contributed by atoms with Crippen LogP contribution in [0.3, 0.4) is 0 Å². The second-order valence-corrected chi connectivity index (χ2v) is 6.53. The van der Waals surface area contributed by atoms with Crippen LogP contribution in [0.2, 0.25) is 0 Å². The number of benzene rings is 1. The average Bonchev–Trinajstić information content (AvgIpc) is 2.69. The Balaban J connectivity index is 2.47. The largest absolute Gasteiger partial charge is 0.337 e. The third-order valence-corrected chi connectivity index (χ3v) is 4.92. The third kappa shape index (κ3) is 2.86. The van der Waals surface area contributed by atoms with E-state index in [1.54, 1.807) is 39.8 Å². The maximum absolute atomic E-state index is 12.6. The van der Waals surface area contributed by atoms with Gasteiger partial charge in [-0.3, -0.25) is 5.84 Å². The first-order chi connectivity index (χ1) is 9.76. The molecule has 4 N–H and O–H groups in total. The number of nitrogens with one attached hydrogen (secondary N) is 2. The summed E-state index contributed by atoms with van der Waals surface area (Å²) < 4.78 is 32.5. The fourth-order valence-corrected chi connectivity index (χ4v) is 3.64. The standard InChI is InChI=1S/C13H18N4O3S/c1-7-5-11(15-14)6-8(2)12(7)21(18,19)17-13-9(3)10(4)16-20-13/h5-6,15,17H,14H2,1-4H3. The summed E-state index contributed by atoms with van der Waals surface area (Å²) >= 11 is 0. The van der Waals surface area contributed by atoms with E-state index in [9.17, 15) is 8.42 Å². The first kappa shape index (κ1) is 15.3. The molecular weight excluding hydrogens is 292 g/mol. The van der Waals surface area contributed by atoms with E-state index >= 15 is 0 Å². The minimum absolute atomic E-state index is 0.132. The van der Waals surface area contributed by atoms with Crippen molar-refractivity contribution in [1.82, 2.24) is 5.16 Å². The second-order valence-electron chi connectivity index (χ2n) is 4.91. The van der Waals surface area contributed by atoms with Crippen molar-refractivity contribution in [1.29, 1.82) is 0 Å². The molecule has 0 aliphatic rings. The van der Waals surface area contributed by atoms with E-state index in [-0.39, 0.29) is 10.8 Å². The molecule has 2 rings (SSSR count). The molecule has 0 saturated carbocycles. The molecule has 0 bridgehead atoms. The first-order valence-corrected chi connectivity index (χ1v) is 7.78. The van der Waals surface area contributed by atoms with Crippen molar-refractivity contribution >= 4 is 21.6 Å². The summed E-state index contributed by atoms with van der Waals surface area (Å²) in [7, 11) is -3.76. The lowest BCUT2D eigenvalue weighted by Gasteiger charge is -2.13. The Hall–Kier alpha value is -2.06. The number of nitrogens with zero attached hydrogens (tertiary/aromatic N) is 1. The predicted molar refractivity (Wildman–Crippen MR) is 80.5 cm³/mol. The Morgan fingerprint density at radius 3 is 2.14 bits per heavy atom. The molecule has 114 valence electrons. The molecule has 0 atom stereocenters. The lowest BCUT2D eigenvalue weighted by molar-refractivity contribution is 0.430. The lowest BCUT2D eigenvalue weighted by Crippen LogP contribution is -2.17. The highest BCUT2D eigenvalue weighted by molar-refractivity contribution is 7.92. The molecule has 1 aromatic carbocycles. The number of sulfonamides is 1. The Morgan fingerprint density at radius 2 is 1.71 bits per heavy atom. The van der Waals surface area contributed by atoms with Crippen LogP contribution < -0.4 is 16.0 Å². The molecule has 1 aromatic heterocycles. The lowest BCUT2D eigenvalue weighted by atomic mass is 10.1. The summed E-state index contributed by atoms with van der Waals surface area (Å²) in [5.74, 6) is 5.49. The van der Waals surface area contributed by atoms with Crippen LogP contribution >= 0.6 is 0 Å². The number of hydrogen-bond donors (Lipinski definition) is 3. The van der Waals surface area contributed by atoms with Gasteiger partial charge in [0.05, 0.1) is 10.6 Å². The van der Waals surface area contributed by atoms with Crippen molar-refractivity contribution < 1.29 is 12.9 Å². The van der Waals surface area contributed by atoms with Crippen LogP contribution in [0.1, 0.15) is 22.4 Å². The highest BCUT2D eigenvalue weighted by Gasteiger charge is 2.23. The van der Waals surface area contributed by atoms with Gasteiger partial charge in [-0.2, -0.15) is 0 Å². The maximum Gasteiger partial charge on any atom is 0.264 e. The molecule has 0 fully saturated rings. The number of rotatable bonds is 4. The van der Waals surface area contributed by atoms with E-state index in [1.807, 2.05) is 0 Å². The van der Waals surface area contributed by atoms with Crippen LogP contribution in [0.5, 0.6) is 0 Å². The van der Waals surface area contributed by atoms with E-state index in [0.29, 0.717) is 28.1 Å². The summed E-state index contributed by atoms with van der Waals surface area (Å²) in [5, 5.41) is 3.74. The summed E-state index contributed by atoms with van der Waals surface area (Å²) in [6.45, 7) is 6.90. The van der Waals surface area contributed by atoms with Crippen molar-refractivity contribution in [2.24, 2.45) is 5.84 Å². The third-order valence-electron chi connectivity index (χ3n) is 3.28. The van der Waals surface area contributed by atoms with Gasteiger partial charge in [-0.05, 0) is 51.0 Å². The zero-order valence-electron chi connectivity index (χ0n) is 12.3. The summed E-state index contributed by atoms with van der Waals surface area (Å²) in [4.78, 5) is 0.204. The predicted octanol–water partition coefficient (Wildman–Crippen LogP) is 1.99. The Labute approximate surface area is 123 Å². The topological polar surface area (TPSA) is 110 Å². The van der Waals surface area contributed by atoms with Gasteiger partial charge in [0.2, 0.25) is 5.88 Å². The van der Waals surface area contributed by atoms with Gasteiger partial charge in [0.1, 0.15) is 0 Å². The molecule has 8 heteroatoms. The van der Waals surface area contributed by atoms with Gasteiger partial charge in [0, 0.05) is 11.3 Å². The van der Waals surface area contributed by atoms with Crippen molar-refractivity contribution in [3.05, 3.63) is 34.5 Å².